The van der Waals surface area contributed by atoms with Crippen LogP contribution in [0.25, 0.3) is 11.0 Å². The second-order valence-electron chi connectivity index (χ2n) is 6.73. The smallest absolute Gasteiger partial charge is 0.254 e. The molecule has 8 heteroatoms. The molecule has 8 nitrogen and oxygen atoms in total. The number of nitriles is 1. The van der Waals surface area contributed by atoms with Crippen LogP contribution in [-0.4, -0.2) is 45.3 Å². The van der Waals surface area contributed by atoms with Crippen molar-refractivity contribution in [2.75, 3.05) is 18.9 Å². The molecule has 3 rings (SSSR count). The van der Waals surface area contributed by atoms with E-state index in [1.807, 2.05) is 26.0 Å². The Kier molecular flexibility index (Phi) is 5.36. The molecule has 3 aromatic rings. The molecule has 2 aromatic carbocycles. The third-order valence-electron chi connectivity index (χ3n) is 4.21. The van der Waals surface area contributed by atoms with Gasteiger partial charge in [-0.2, -0.15) is 5.26 Å². The Hall–Kier alpha value is -3.73. The fraction of sp³-hybridized carbons (Fsp3) is 0.250. The highest BCUT2D eigenvalue weighted by Gasteiger charge is 2.17. The molecule has 0 radical (unpaired) electrons. The zero-order valence-electron chi connectivity index (χ0n) is 15.9. The van der Waals surface area contributed by atoms with Crippen molar-refractivity contribution in [3.05, 3.63) is 53.6 Å². The summed E-state index contributed by atoms with van der Waals surface area (Å²) < 4.78 is 1.79. The highest BCUT2D eigenvalue weighted by Crippen LogP contribution is 2.18. The Morgan fingerprint density at radius 2 is 2.04 bits per heavy atom. The molecule has 0 saturated carbocycles. The summed E-state index contributed by atoms with van der Waals surface area (Å²) in [4.78, 5) is 26.2. The summed E-state index contributed by atoms with van der Waals surface area (Å²) in [6.45, 7) is 3.89. The number of nitrogens with zero attached hydrogens (tertiary/aromatic N) is 5. The first kappa shape index (κ1) is 19.0. The minimum Gasteiger partial charge on any atom is -0.332 e. The van der Waals surface area contributed by atoms with Crippen molar-refractivity contribution in [3.63, 3.8) is 0 Å². The van der Waals surface area contributed by atoms with Crippen LogP contribution >= 0.6 is 0 Å². The van der Waals surface area contributed by atoms with Crippen LogP contribution < -0.4 is 5.32 Å². The summed E-state index contributed by atoms with van der Waals surface area (Å²) in [6, 6.07) is 14.0. The Morgan fingerprint density at radius 1 is 1.25 bits per heavy atom. The van der Waals surface area contributed by atoms with Crippen LogP contribution in [0.3, 0.4) is 0 Å². The molecule has 28 heavy (non-hydrogen) atoms. The molecular formula is C20H20N6O2. The SMILES string of the molecule is CC(C)n1nnc2cc(C(=O)N(C)CC(=O)Nc3cccc(C#N)c3)ccc21. The summed E-state index contributed by atoms with van der Waals surface area (Å²) >= 11 is 0. The molecule has 0 bridgehead atoms. The first-order valence-electron chi connectivity index (χ1n) is 8.79. The molecule has 0 aliphatic rings. The average Bonchev–Trinajstić information content (AvgIpc) is 3.10. The molecule has 1 N–H and O–H groups in total. The van der Waals surface area contributed by atoms with Gasteiger partial charge in [-0.1, -0.05) is 11.3 Å². The Labute approximate surface area is 162 Å². The number of carbonyl (C=O) groups is 2. The number of hydrogen-bond acceptors (Lipinski definition) is 5. The maximum absolute atomic E-state index is 12.7. The third-order valence-corrected chi connectivity index (χ3v) is 4.21. The predicted molar refractivity (Wildman–Crippen MR) is 105 cm³/mol. The van der Waals surface area contributed by atoms with Crippen LogP contribution in [0.5, 0.6) is 0 Å². The van der Waals surface area contributed by atoms with Gasteiger partial charge in [-0.15, -0.1) is 5.10 Å². The quantitative estimate of drug-likeness (QED) is 0.737. The lowest BCUT2D eigenvalue weighted by molar-refractivity contribution is -0.116. The maximum Gasteiger partial charge on any atom is 0.254 e. The summed E-state index contributed by atoms with van der Waals surface area (Å²) in [5, 5.41) is 19.8. The Morgan fingerprint density at radius 3 is 2.75 bits per heavy atom. The molecule has 142 valence electrons. The van der Waals surface area contributed by atoms with Gasteiger partial charge in [0.2, 0.25) is 5.91 Å². The van der Waals surface area contributed by atoms with Crippen LogP contribution in [0.2, 0.25) is 0 Å². The van der Waals surface area contributed by atoms with E-state index in [4.69, 9.17) is 5.26 Å². The lowest BCUT2D eigenvalue weighted by Gasteiger charge is -2.17. The van der Waals surface area contributed by atoms with Gasteiger partial charge < -0.3 is 10.2 Å². The molecule has 0 saturated heterocycles. The fourth-order valence-corrected chi connectivity index (χ4v) is 2.83. The fourth-order valence-electron chi connectivity index (χ4n) is 2.83. The molecule has 0 aliphatic heterocycles. The number of likely N-dealkylation sites (N-methyl/N-ethyl adjacent to an activating group) is 1. The highest BCUT2D eigenvalue weighted by molar-refractivity contribution is 6.00. The van der Waals surface area contributed by atoms with Gasteiger partial charge in [0.25, 0.3) is 5.91 Å². The van der Waals surface area contributed by atoms with Gasteiger partial charge in [-0.3, -0.25) is 9.59 Å². The second-order valence-corrected chi connectivity index (χ2v) is 6.73. The van der Waals surface area contributed by atoms with Gasteiger partial charge >= 0.3 is 0 Å². The predicted octanol–water partition coefficient (Wildman–Crippen LogP) is 2.59. The van der Waals surface area contributed by atoms with Gasteiger partial charge in [0.15, 0.2) is 0 Å². The lowest BCUT2D eigenvalue weighted by Crippen LogP contribution is -2.34. The van der Waals surface area contributed by atoms with Crippen molar-refractivity contribution in [2.24, 2.45) is 0 Å². The normalized spacial score (nSPS) is 10.7. The Balaban J connectivity index is 1.69. The van der Waals surface area contributed by atoms with Crippen LogP contribution in [-0.2, 0) is 4.79 Å². The van der Waals surface area contributed by atoms with E-state index in [-0.39, 0.29) is 24.4 Å². The van der Waals surface area contributed by atoms with Crippen molar-refractivity contribution in [2.45, 2.75) is 19.9 Å². The van der Waals surface area contributed by atoms with Gasteiger partial charge in [-0.05, 0) is 50.2 Å². The summed E-state index contributed by atoms with van der Waals surface area (Å²) in [5.41, 5.74) is 2.88. The van der Waals surface area contributed by atoms with E-state index < -0.39 is 0 Å². The largest absolute Gasteiger partial charge is 0.332 e. The highest BCUT2D eigenvalue weighted by atomic mass is 16.2. The summed E-state index contributed by atoms with van der Waals surface area (Å²) in [7, 11) is 1.56. The standard InChI is InChI=1S/C20H20N6O2/c1-13(2)26-18-8-7-15(10-17(18)23-24-26)20(28)25(3)12-19(27)22-16-6-4-5-14(9-16)11-21/h4-10,13H,12H2,1-3H3,(H,22,27). The van der Waals surface area contributed by atoms with Crippen molar-refractivity contribution >= 4 is 28.5 Å². The van der Waals surface area contributed by atoms with Gasteiger partial charge in [0.05, 0.1) is 23.7 Å². The number of carbonyl (C=O) groups excluding carboxylic acids is 2. The van der Waals surface area contributed by atoms with E-state index in [0.717, 1.165) is 5.52 Å². The van der Waals surface area contributed by atoms with Crippen LogP contribution in [0.1, 0.15) is 35.8 Å². The molecule has 0 spiro atoms. The van der Waals surface area contributed by atoms with E-state index in [9.17, 15) is 9.59 Å². The third kappa shape index (κ3) is 3.99. The lowest BCUT2D eigenvalue weighted by atomic mass is 10.1. The van der Waals surface area contributed by atoms with Crippen molar-refractivity contribution < 1.29 is 9.59 Å². The van der Waals surface area contributed by atoms with Gasteiger partial charge in [0, 0.05) is 24.3 Å². The number of benzene rings is 2. The van der Waals surface area contributed by atoms with Gasteiger partial charge in [-0.25, -0.2) is 4.68 Å². The van der Waals surface area contributed by atoms with Crippen molar-refractivity contribution in [3.8, 4) is 6.07 Å². The zero-order valence-corrected chi connectivity index (χ0v) is 15.9. The summed E-state index contributed by atoms with van der Waals surface area (Å²) in [5.74, 6) is -0.639. The maximum atomic E-state index is 12.7. The molecule has 1 aromatic heterocycles. The molecule has 1 heterocycles. The van der Waals surface area contributed by atoms with Crippen LogP contribution in [0.4, 0.5) is 5.69 Å². The zero-order chi connectivity index (χ0) is 20.3. The molecule has 2 amide bonds. The topological polar surface area (TPSA) is 104 Å². The van der Waals surface area contributed by atoms with Crippen molar-refractivity contribution in [1.82, 2.24) is 19.9 Å². The molecule has 0 aliphatic carbocycles. The molecule has 0 atom stereocenters. The number of anilines is 1. The number of fused-ring (bicyclic) bond motifs is 1. The van der Waals surface area contributed by atoms with E-state index >= 15 is 0 Å². The van der Waals surface area contributed by atoms with Crippen LogP contribution in [0.15, 0.2) is 42.5 Å². The Bertz CT molecular complexity index is 1080. The minimum atomic E-state index is -0.349. The first-order valence-corrected chi connectivity index (χ1v) is 8.79. The van der Waals surface area contributed by atoms with E-state index in [0.29, 0.717) is 22.3 Å². The second kappa shape index (κ2) is 7.88. The van der Waals surface area contributed by atoms with Crippen LogP contribution in [0, 0.1) is 11.3 Å². The van der Waals surface area contributed by atoms with E-state index in [1.54, 1.807) is 48.1 Å². The van der Waals surface area contributed by atoms with Crippen molar-refractivity contribution in [1.29, 1.82) is 5.26 Å². The average molecular weight is 376 g/mol. The number of rotatable bonds is 5. The number of hydrogen-bond donors (Lipinski definition) is 1. The first-order chi connectivity index (χ1) is 13.4. The molecule has 0 unspecified atom stereocenters. The van der Waals surface area contributed by atoms with E-state index in [1.165, 1.54) is 4.90 Å². The van der Waals surface area contributed by atoms with Gasteiger partial charge in [0.1, 0.15) is 5.52 Å². The molecular weight excluding hydrogens is 356 g/mol. The number of amides is 2. The minimum absolute atomic E-state index is 0.119. The monoisotopic (exact) mass is 376 g/mol. The molecule has 0 fully saturated rings. The number of nitrogens with one attached hydrogen (secondary N) is 1. The van der Waals surface area contributed by atoms with E-state index in [2.05, 4.69) is 15.6 Å². The number of aromatic nitrogens is 3. The summed E-state index contributed by atoms with van der Waals surface area (Å²) in [6.07, 6.45) is 0.